The Hall–Kier alpha value is -0.800. The maximum Gasteiger partial charge on any atom is 0.145 e. The van der Waals surface area contributed by atoms with Crippen LogP contribution in [0.2, 0.25) is 0 Å². The molecule has 0 amide bonds. The fraction of sp³-hybridized carbons (Fsp3) is 0.125. The van der Waals surface area contributed by atoms with E-state index in [0.29, 0.717) is 5.88 Å². The standard InChI is InChI=1S/C8H6ClNOS/c9-4-8-10-5-7(12-8)6-2-1-3-11-6/h1-3,5H,4H2. The van der Waals surface area contributed by atoms with E-state index in [1.165, 1.54) is 0 Å². The molecule has 12 heavy (non-hydrogen) atoms. The first-order valence-corrected chi connectivity index (χ1v) is 4.80. The summed E-state index contributed by atoms with van der Waals surface area (Å²) in [5.74, 6) is 1.31. The van der Waals surface area contributed by atoms with Crippen LogP contribution in [0.25, 0.3) is 10.6 Å². The smallest absolute Gasteiger partial charge is 0.145 e. The largest absolute Gasteiger partial charge is 0.463 e. The van der Waals surface area contributed by atoms with Crippen molar-refractivity contribution in [2.75, 3.05) is 0 Å². The predicted molar refractivity (Wildman–Crippen MR) is 49.4 cm³/mol. The lowest BCUT2D eigenvalue weighted by Crippen LogP contribution is -1.67. The molecule has 0 aliphatic rings. The quantitative estimate of drug-likeness (QED) is 0.695. The van der Waals surface area contributed by atoms with E-state index in [0.717, 1.165) is 15.6 Å². The van der Waals surface area contributed by atoms with Gasteiger partial charge in [-0.05, 0) is 12.1 Å². The zero-order chi connectivity index (χ0) is 8.39. The molecule has 62 valence electrons. The Bertz CT molecular complexity index is 355. The molecule has 2 heterocycles. The van der Waals surface area contributed by atoms with Crippen molar-refractivity contribution in [3.8, 4) is 10.6 Å². The van der Waals surface area contributed by atoms with Crippen LogP contribution >= 0.6 is 22.9 Å². The lowest BCUT2D eigenvalue weighted by Gasteiger charge is -1.85. The maximum absolute atomic E-state index is 5.62. The van der Waals surface area contributed by atoms with E-state index in [9.17, 15) is 0 Å². The van der Waals surface area contributed by atoms with Gasteiger partial charge in [0.1, 0.15) is 10.8 Å². The van der Waals surface area contributed by atoms with Crippen LogP contribution in [0.3, 0.4) is 0 Å². The number of alkyl halides is 1. The second kappa shape index (κ2) is 3.29. The highest BCUT2D eigenvalue weighted by Crippen LogP contribution is 2.26. The molecule has 0 bridgehead atoms. The molecule has 0 saturated heterocycles. The molecule has 0 fully saturated rings. The van der Waals surface area contributed by atoms with Crippen molar-refractivity contribution in [1.29, 1.82) is 0 Å². The Morgan fingerprint density at radius 3 is 3.08 bits per heavy atom. The molecule has 2 aromatic rings. The molecule has 0 atom stereocenters. The van der Waals surface area contributed by atoms with Crippen LogP contribution in [0.5, 0.6) is 0 Å². The van der Waals surface area contributed by atoms with E-state index in [1.807, 2.05) is 12.1 Å². The Morgan fingerprint density at radius 1 is 1.58 bits per heavy atom. The van der Waals surface area contributed by atoms with Crippen LogP contribution in [-0.2, 0) is 5.88 Å². The van der Waals surface area contributed by atoms with E-state index in [4.69, 9.17) is 16.0 Å². The zero-order valence-corrected chi connectivity index (χ0v) is 7.73. The van der Waals surface area contributed by atoms with Gasteiger partial charge in [0.05, 0.1) is 17.0 Å². The minimum absolute atomic E-state index is 0.464. The van der Waals surface area contributed by atoms with Gasteiger partial charge < -0.3 is 4.42 Å². The molecular weight excluding hydrogens is 194 g/mol. The molecule has 0 radical (unpaired) electrons. The Balaban J connectivity index is 2.35. The molecular formula is C8H6ClNOS. The molecule has 2 rings (SSSR count). The van der Waals surface area contributed by atoms with Crippen LogP contribution in [0.1, 0.15) is 5.01 Å². The summed E-state index contributed by atoms with van der Waals surface area (Å²) in [6.07, 6.45) is 3.43. The highest BCUT2D eigenvalue weighted by Gasteiger charge is 2.04. The van der Waals surface area contributed by atoms with Gasteiger partial charge >= 0.3 is 0 Å². The highest BCUT2D eigenvalue weighted by molar-refractivity contribution is 7.15. The van der Waals surface area contributed by atoms with Crippen molar-refractivity contribution >= 4 is 22.9 Å². The van der Waals surface area contributed by atoms with Crippen molar-refractivity contribution in [1.82, 2.24) is 4.98 Å². The summed E-state index contributed by atoms with van der Waals surface area (Å²) in [5.41, 5.74) is 0. The number of thiazole rings is 1. The highest BCUT2D eigenvalue weighted by atomic mass is 35.5. The number of furan rings is 1. The van der Waals surface area contributed by atoms with E-state index in [2.05, 4.69) is 4.98 Å². The van der Waals surface area contributed by atoms with Crippen molar-refractivity contribution in [3.63, 3.8) is 0 Å². The number of aromatic nitrogens is 1. The van der Waals surface area contributed by atoms with Crippen molar-refractivity contribution < 1.29 is 4.42 Å². The number of halogens is 1. The molecule has 2 aromatic heterocycles. The first-order valence-electron chi connectivity index (χ1n) is 3.44. The lowest BCUT2D eigenvalue weighted by molar-refractivity contribution is 0.583. The molecule has 0 spiro atoms. The van der Waals surface area contributed by atoms with E-state index in [-0.39, 0.29) is 0 Å². The van der Waals surface area contributed by atoms with E-state index >= 15 is 0 Å². The molecule has 4 heteroatoms. The average molecular weight is 200 g/mol. The van der Waals surface area contributed by atoms with Gasteiger partial charge in [-0.1, -0.05) is 0 Å². The van der Waals surface area contributed by atoms with Gasteiger partial charge in [0, 0.05) is 6.20 Å². The summed E-state index contributed by atoms with van der Waals surface area (Å²) >= 11 is 7.17. The third kappa shape index (κ3) is 1.38. The second-order valence-electron chi connectivity index (χ2n) is 2.23. The van der Waals surface area contributed by atoms with Crippen LogP contribution in [0.15, 0.2) is 29.0 Å². The summed E-state index contributed by atoms with van der Waals surface area (Å²) in [5, 5.41) is 0.920. The monoisotopic (exact) mass is 199 g/mol. The first kappa shape index (κ1) is 7.83. The minimum Gasteiger partial charge on any atom is -0.463 e. The summed E-state index contributed by atoms with van der Waals surface area (Å²) < 4.78 is 5.20. The predicted octanol–water partition coefficient (Wildman–Crippen LogP) is 3.14. The summed E-state index contributed by atoms with van der Waals surface area (Å²) in [6, 6.07) is 3.76. The summed E-state index contributed by atoms with van der Waals surface area (Å²) in [6.45, 7) is 0. The second-order valence-corrected chi connectivity index (χ2v) is 3.61. The Morgan fingerprint density at radius 2 is 2.50 bits per heavy atom. The normalized spacial score (nSPS) is 10.4. The van der Waals surface area contributed by atoms with Gasteiger partial charge in [-0.15, -0.1) is 22.9 Å². The van der Waals surface area contributed by atoms with Gasteiger partial charge in [0.15, 0.2) is 0 Å². The van der Waals surface area contributed by atoms with Crippen LogP contribution in [0.4, 0.5) is 0 Å². The first-order chi connectivity index (χ1) is 5.90. The van der Waals surface area contributed by atoms with Gasteiger partial charge in [-0.2, -0.15) is 0 Å². The fourth-order valence-electron chi connectivity index (χ4n) is 0.905. The van der Waals surface area contributed by atoms with Crippen molar-refractivity contribution in [2.45, 2.75) is 5.88 Å². The van der Waals surface area contributed by atoms with Gasteiger partial charge in [0.25, 0.3) is 0 Å². The zero-order valence-electron chi connectivity index (χ0n) is 6.16. The number of hydrogen-bond donors (Lipinski definition) is 0. The topological polar surface area (TPSA) is 26.0 Å². The van der Waals surface area contributed by atoms with E-state index in [1.54, 1.807) is 23.8 Å². The molecule has 0 unspecified atom stereocenters. The number of rotatable bonds is 2. The van der Waals surface area contributed by atoms with Gasteiger partial charge in [-0.3, -0.25) is 0 Å². The maximum atomic E-state index is 5.62. The lowest BCUT2D eigenvalue weighted by atomic mass is 10.4. The third-order valence-corrected chi connectivity index (χ3v) is 2.86. The van der Waals surface area contributed by atoms with Gasteiger partial charge in [-0.25, -0.2) is 4.98 Å². The molecule has 0 aromatic carbocycles. The summed E-state index contributed by atoms with van der Waals surface area (Å²) in [7, 11) is 0. The number of hydrogen-bond acceptors (Lipinski definition) is 3. The Kier molecular flexibility index (Phi) is 2.15. The molecule has 0 N–H and O–H groups in total. The van der Waals surface area contributed by atoms with Gasteiger partial charge in [0.2, 0.25) is 0 Å². The third-order valence-electron chi connectivity index (χ3n) is 1.43. The fourth-order valence-corrected chi connectivity index (χ4v) is 1.87. The molecule has 2 nitrogen and oxygen atoms in total. The van der Waals surface area contributed by atoms with Crippen LogP contribution < -0.4 is 0 Å². The minimum atomic E-state index is 0.464. The molecule has 0 saturated carbocycles. The van der Waals surface area contributed by atoms with Crippen molar-refractivity contribution in [3.05, 3.63) is 29.6 Å². The molecule has 0 aliphatic carbocycles. The SMILES string of the molecule is ClCc1ncc(-c2ccco2)s1. The average Bonchev–Trinajstić information content (AvgIpc) is 2.75. The summed E-state index contributed by atoms with van der Waals surface area (Å²) in [4.78, 5) is 5.14. The van der Waals surface area contributed by atoms with E-state index < -0.39 is 0 Å². The Labute approximate surface area is 78.8 Å². The van der Waals surface area contributed by atoms with Crippen LogP contribution in [-0.4, -0.2) is 4.98 Å². The molecule has 0 aliphatic heterocycles. The number of nitrogens with zero attached hydrogens (tertiary/aromatic N) is 1. The van der Waals surface area contributed by atoms with Crippen molar-refractivity contribution in [2.24, 2.45) is 0 Å². The van der Waals surface area contributed by atoms with Crippen LogP contribution in [0, 0.1) is 0 Å².